The van der Waals surface area contributed by atoms with Crippen molar-refractivity contribution in [3.05, 3.63) is 70.8 Å². The SMILES string of the molecule is Cc1cccc(C(=O)NC(Cc2ccccc2)C(=O)O)c1C. The second-order valence-electron chi connectivity index (χ2n) is 5.30. The predicted octanol–water partition coefficient (Wildman–Crippen LogP) is 2.73. The first-order valence-corrected chi connectivity index (χ1v) is 7.13. The maximum Gasteiger partial charge on any atom is 0.326 e. The van der Waals surface area contributed by atoms with E-state index in [9.17, 15) is 14.7 Å². The van der Waals surface area contributed by atoms with Crippen molar-refractivity contribution < 1.29 is 14.7 Å². The fraction of sp³-hybridized carbons (Fsp3) is 0.222. The van der Waals surface area contributed by atoms with Crippen molar-refractivity contribution in [2.45, 2.75) is 26.3 Å². The van der Waals surface area contributed by atoms with E-state index in [1.54, 1.807) is 12.1 Å². The molecule has 1 amide bonds. The van der Waals surface area contributed by atoms with Crippen molar-refractivity contribution in [3.63, 3.8) is 0 Å². The van der Waals surface area contributed by atoms with Gasteiger partial charge in [0.25, 0.3) is 5.91 Å². The first kappa shape index (κ1) is 15.8. The summed E-state index contributed by atoms with van der Waals surface area (Å²) in [5, 5.41) is 12.0. The molecule has 0 bridgehead atoms. The summed E-state index contributed by atoms with van der Waals surface area (Å²) in [7, 11) is 0. The highest BCUT2D eigenvalue weighted by Gasteiger charge is 2.22. The summed E-state index contributed by atoms with van der Waals surface area (Å²) < 4.78 is 0. The average Bonchev–Trinajstić information content (AvgIpc) is 2.50. The molecule has 0 radical (unpaired) electrons. The molecule has 0 aliphatic rings. The molecular formula is C18H19NO3. The number of amides is 1. The Balaban J connectivity index is 2.16. The van der Waals surface area contributed by atoms with Crippen LogP contribution in [0.1, 0.15) is 27.0 Å². The van der Waals surface area contributed by atoms with Gasteiger partial charge < -0.3 is 10.4 Å². The van der Waals surface area contributed by atoms with E-state index in [-0.39, 0.29) is 12.3 Å². The molecule has 2 N–H and O–H groups in total. The summed E-state index contributed by atoms with van der Waals surface area (Å²) in [4.78, 5) is 23.8. The van der Waals surface area contributed by atoms with Crippen LogP contribution in [0.25, 0.3) is 0 Å². The quantitative estimate of drug-likeness (QED) is 0.891. The zero-order valence-electron chi connectivity index (χ0n) is 12.7. The summed E-state index contributed by atoms with van der Waals surface area (Å²) in [5.41, 5.74) is 3.25. The Morgan fingerprint density at radius 2 is 1.73 bits per heavy atom. The van der Waals surface area contributed by atoms with Gasteiger partial charge in [-0.15, -0.1) is 0 Å². The van der Waals surface area contributed by atoms with Crippen LogP contribution in [0.4, 0.5) is 0 Å². The number of hydrogen-bond acceptors (Lipinski definition) is 2. The van der Waals surface area contributed by atoms with Crippen molar-refractivity contribution in [3.8, 4) is 0 Å². The molecule has 0 spiro atoms. The van der Waals surface area contributed by atoms with Gasteiger partial charge in [-0.25, -0.2) is 4.79 Å². The summed E-state index contributed by atoms with van der Waals surface area (Å²) >= 11 is 0. The molecule has 0 saturated carbocycles. The monoisotopic (exact) mass is 297 g/mol. The van der Waals surface area contributed by atoms with Crippen molar-refractivity contribution in [1.82, 2.24) is 5.32 Å². The number of hydrogen-bond donors (Lipinski definition) is 2. The van der Waals surface area contributed by atoms with Crippen molar-refractivity contribution in [2.24, 2.45) is 0 Å². The van der Waals surface area contributed by atoms with Crippen LogP contribution in [-0.4, -0.2) is 23.0 Å². The van der Waals surface area contributed by atoms with Crippen molar-refractivity contribution in [1.29, 1.82) is 0 Å². The predicted molar refractivity (Wildman–Crippen MR) is 85.0 cm³/mol. The minimum Gasteiger partial charge on any atom is -0.480 e. The van der Waals surface area contributed by atoms with Gasteiger partial charge in [0.2, 0.25) is 0 Å². The lowest BCUT2D eigenvalue weighted by atomic mass is 10.0. The standard InChI is InChI=1S/C18H19NO3/c1-12-7-6-10-15(13(12)2)17(20)19-16(18(21)22)11-14-8-4-3-5-9-14/h3-10,16H,11H2,1-2H3,(H,19,20)(H,21,22). The minimum absolute atomic E-state index is 0.257. The number of rotatable bonds is 5. The molecule has 1 atom stereocenters. The first-order chi connectivity index (χ1) is 10.5. The zero-order chi connectivity index (χ0) is 16.1. The number of carbonyl (C=O) groups is 2. The lowest BCUT2D eigenvalue weighted by Gasteiger charge is -2.16. The molecule has 2 aromatic rings. The van der Waals surface area contributed by atoms with Crippen molar-refractivity contribution in [2.75, 3.05) is 0 Å². The largest absolute Gasteiger partial charge is 0.480 e. The average molecular weight is 297 g/mol. The normalized spacial score (nSPS) is 11.7. The van der Waals surface area contributed by atoms with E-state index in [1.165, 1.54) is 0 Å². The van der Waals surface area contributed by atoms with Crippen LogP contribution in [0.3, 0.4) is 0 Å². The topological polar surface area (TPSA) is 66.4 Å². The van der Waals surface area contributed by atoms with Crippen LogP contribution in [-0.2, 0) is 11.2 Å². The molecule has 4 heteroatoms. The summed E-state index contributed by atoms with van der Waals surface area (Å²) in [6, 6.07) is 13.7. The Morgan fingerprint density at radius 1 is 1.05 bits per heavy atom. The molecule has 4 nitrogen and oxygen atoms in total. The van der Waals surface area contributed by atoms with Gasteiger partial charge in [-0.1, -0.05) is 42.5 Å². The Morgan fingerprint density at radius 3 is 2.36 bits per heavy atom. The lowest BCUT2D eigenvalue weighted by Crippen LogP contribution is -2.42. The molecule has 0 saturated heterocycles. The Labute approximate surface area is 129 Å². The van der Waals surface area contributed by atoms with E-state index >= 15 is 0 Å². The van der Waals surface area contributed by atoms with Gasteiger partial charge in [0.15, 0.2) is 0 Å². The van der Waals surface area contributed by atoms with Gasteiger partial charge in [-0.2, -0.15) is 0 Å². The molecule has 2 rings (SSSR count). The number of carboxylic acid groups (broad SMARTS) is 1. The number of benzene rings is 2. The molecular weight excluding hydrogens is 278 g/mol. The fourth-order valence-corrected chi connectivity index (χ4v) is 2.28. The smallest absolute Gasteiger partial charge is 0.326 e. The molecule has 114 valence electrons. The van der Waals surface area contributed by atoms with E-state index in [0.717, 1.165) is 16.7 Å². The highest BCUT2D eigenvalue weighted by molar-refractivity contribution is 5.98. The lowest BCUT2D eigenvalue weighted by molar-refractivity contribution is -0.139. The Bertz CT molecular complexity index is 680. The highest BCUT2D eigenvalue weighted by Crippen LogP contribution is 2.13. The fourth-order valence-electron chi connectivity index (χ4n) is 2.28. The zero-order valence-corrected chi connectivity index (χ0v) is 12.7. The Kier molecular flexibility index (Phi) is 4.94. The van der Waals surface area contributed by atoms with E-state index in [2.05, 4.69) is 5.32 Å². The maximum atomic E-state index is 12.3. The summed E-state index contributed by atoms with van der Waals surface area (Å²) in [5.74, 6) is -1.40. The van der Waals surface area contributed by atoms with Crippen LogP contribution < -0.4 is 5.32 Å². The number of carbonyl (C=O) groups excluding carboxylic acids is 1. The molecule has 0 fully saturated rings. The third-order valence-corrected chi connectivity index (χ3v) is 3.74. The van der Waals surface area contributed by atoms with Gasteiger partial charge in [-0.05, 0) is 36.6 Å². The number of aliphatic carboxylic acids is 1. The highest BCUT2D eigenvalue weighted by atomic mass is 16.4. The molecule has 1 unspecified atom stereocenters. The minimum atomic E-state index is -1.04. The maximum absolute atomic E-state index is 12.3. The van der Waals surface area contributed by atoms with Gasteiger partial charge in [-0.3, -0.25) is 4.79 Å². The van der Waals surface area contributed by atoms with Gasteiger partial charge in [0, 0.05) is 12.0 Å². The molecule has 0 aromatic heterocycles. The van der Waals surface area contributed by atoms with Crippen LogP contribution in [0, 0.1) is 13.8 Å². The Hall–Kier alpha value is -2.62. The van der Waals surface area contributed by atoms with Gasteiger partial charge in [0.1, 0.15) is 6.04 Å². The van der Waals surface area contributed by atoms with Crippen LogP contribution >= 0.6 is 0 Å². The number of nitrogens with one attached hydrogen (secondary N) is 1. The molecule has 0 aliphatic heterocycles. The van der Waals surface area contributed by atoms with E-state index in [1.807, 2.05) is 50.2 Å². The molecule has 0 aliphatic carbocycles. The molecule has 22 heavy (non-hydrogen) atoms. The van der Waals surface area contributed by atoms with Gasteiger partial charge in [0.05, 0.1) is 0 Å². The van der Waals surface area contributed by atoms with E-state index in [0.29, 0.717) is 5.56 Å². The first-order valence-electron chi connectivity index (χ1n) is 7.13. The number of aryl methyl sites for hydroxylation is 1. The van der Waals surface area contributed by atoms with Crippen LogP contribution in [0.2, 0.25) is 0 Å². The third-order valence-electron chi connectivity index (χ3n) is 3.74. The summed E-state index contributed by atoms with van der Waals surface area (Å²) in [6.07, 6.45) is 0.257. The van der Waals surface area contributed by atoms with Crippen LogP contribution in [0.15, 0.2) is 48.5 Å². The molecule has 0 heterocycles. The molecule has 2 aromatic carbocycles. The van der Waals surface area contributed by atoms with Crippen molar-refractivity contribution >= 4 is 11.9 Å². The van der Waals surface area contributed by atoms with Gasteiger partial charge >= 0.3 is 5.97 Å². The second kappa shape index (κ2) is 6.89. The van der Waals surface area contributed by atoms with E-state index in [4.69, 9.17) is 0 Å². The number of carboxylic acids is 1. The third kappa shape index (κ3) is 3.73. The summed E-state index contributed by atoms with van der Waals surface area (Å²) in [6.45, 7) is 3.78. The second-order valence-corrected chi connectivity index (χ2v) is 5.30. The van der Waals surface area contributed by atoms with E-state index < -0.39 is 12.0 Å². The van der Waals surface area contributed by atoms with Crippen LogP contribution in [0.5, 0.6) is 0 Å².